The summed E-state index contributed by atoms with van der Waals surface area (Å²) >= 11 is 1.65. The predicted molar refractivity (Wildman–Crippen MR) is 75.1 cm³/mol. The van der Waals surface area contributed by atoms with Crippen molar-refractivity contribution in [3.8, 4) is 5.75 Å². The maximum absolute atomic E-state index is 5.80. The highest BCUT2D eigenvalue weighted by molar-refractivity contribution is 7.09. The second kappa shape index (κ2) is 5.98. The van der Waals surface area contributed by atoms with Crippen molar-refractivity contribution in [1.82, 2.24) is 4.98 Å². The molecule has 0 atom stereocenters. The summed E-state index contributed by atoms with van der Waals surface area (Å²) < 4.78 is 5.80. The molecule has 1 aromatic carbocycles. The topological polar surface area (TPSA) is 48.1 Å². The standard InChI is InChI=1S/C14H18N2OS/c1-10-4-3-5-13(11(10)2)17-7-6-14-16-12(8-15)9-18-14/h3-5,9H,6-8,15H2,1-2H3. The van der Waals surface area contributed by atoms with E-state index in [0.29, 0.717) is 13.2 Å². The second-order valence-corrected chi connectivity index (χ2v) is 5.18. The monoisotopic (exact) mass is 262 g/mol. The summed E-state index contributed by atoms with van der Waals surface area (Å²) in [7, 11) is 0. The lowest BCUT2D eigenvalue weighted by Crippen LogP contribution is -2.03. The average Bonchev–Trinajstić information content (AvgIpc) is 2.82. The quantitative estimate of drug-likeness (QED) is 0.901. The molecule has 2 rings (SSSR count). The third-order valence-corrected chi connectivity index (χ3v) is 3.89. The van der Waals surface area contributed by atoms with Crippen molar-refractivity contribution in [2.45, 2.75) is 26.8 Å². The van der Waals surface area contributed by atoms with E-state index in [-0.39, 0.29) is 0 Å². The molecule has 0 aliphatic carbocycles. The molecule has 4 heteroatoms. The van der Waals surface area contributed by atoms with Gasteiger partial charge < -0.3 is 10.5 Å². The molecule has 0 saturated heterocycles. The Morgan fingerprint density at radius 2 is 2.17 bits per heavy atom. The van der Waals surface area contributed by atoms with E-state index in [1.807, 2.05) is 17.5 Å². The van der Waals surface area contributed by atoms with Crippen LogP contribution in [0.25, 0.3) is 0 Å². The van der Waals surface area contributed by atoms with Crippen molar-refractivity contribution in [2.24, 2.45) is 5.73 Å². The first-order chi connectivity index (χ1) is 8.70. The Hall–Kier alpha value is -1.39. The van der Waals surface area contributed by atoms with Crippen LogP contribution in [0.2, 0.25) is 0 Å². The van der Waals surface area contributed by atoms with E-state index in [2.05, 4.69) is 24.9 Å². The molecular formula is C14H18N2OS. The van der Waals surface area contributed by atoms with Gasteiger partial charge in [0.1, 0.15) is 5.75 Å². The number of benzene rings is 1. The van der Waals surface area contributed by atoms with Gasteiger partial charge in [-0.25, -0.2) is 4.98 Å². The van der Waals surface area contributed by atoms with Crippen LogP contribution in [0, 0.1) is 13.8 Å². The van der Waals surface area contributed by atoms with Crippen molar-refractivity contribution in [1.29, 1.82) is 0 Å². The SMILES string of the molecule is Cc1cccc(OCCc2nc(CN)cs2)c1C. The minimum atomic E-state index is 0.508. The van der Waals surface area contributed by atoms with Gasteiger partial charge >= 0.3 is 0 Å². The lowest BCUT2D eigenvalue weighted by molar-refractivity contribution is 0.319. The van der Waals surface area contributed by atoms with E-state index < -0.39 is 0 Å². The molecule has 0 aliphatic heterocycles. The number of ether oxygens (including phenoxy) is 1. The summed E-state index contributed by atoms with van der Waals surface area (Å²) in [6.45, 7) is 5.34. The first-order valence-corrected chi connectivity index (χ1v) is 6.91. The van der Waals surface area contributed by atoms with Gasteiger partial charge in [0.05, 0.1) is 17.3 Å². The van der Waals surface area contributed by atoms with E-state index >= 15 is 0 Å². The van der Waals surface area contributed by atoms with Crippen LogP contribution in [0.15, 0.2) is 23.6 Å². The fourth-order valence-corrected chi connectivity index (χ4v) is 2.48. The number of nitrogens with two attached hydrogens (primary N) is 1. The molecule has 96 valence electrons. The summed E-state index contributed by atoms with van der Waals surface area (Å²) in [5.74, 6) is 0.964. The summed E-state index contributed by atoms with van der Waals surface area (Å²) in [5, 5.41) is 3.09. The second-order valence-electron chi connectivity index (χ2n) is 4.23. The van der Waals surface area contributed by atoms with Gasteiger partial charge in [0.25, 0.3) is 0 Å². The van der Waals surface area contributed by atoms with Gasteiger partial charge in [-0.05, 0) is 31.0 Å². The number of thiazole rings is 1. The molecule has 2 aromatic rings. The van der Waals surface area contributed by atoms with Crippen LogP contribution in [-0.2, 0) is 13.0 Å². The molecule has 0 radical (unpaired) electrons. The molecule has 0 amide bonds. The van der Waals surface area contributed by atoms with Crippen molar-refractivity contribution in [3.05, 3.63) is 45.4 Å². The largest absolute Gasteiger partial charge is 0.493 e. The third kappa shape index (κ3) is 3.09. The summed E-state index contributed by atoms with van der Waals surface area (Å²) in [5.41, 5.74) is 8.96. The molecule has 0 bridgehead atoms. The number of hydrogen-bond acceptors (Lipinski definition) is 4. The van der Waals surface area contributed by atoms with Gasteiger partial charge in [-0.3, -0.25) is 0 Å². The first kappa shape index (κ1) is 13.1. The van der Waals surface area contributed by atoms with Crippen molar-refractivity contribution >= 4 is 11.3 Å². The van der Waals surface area contributed by atoms with Crippen LogP contribution in [-0.4, -0.2) is 11.6 Å². The Bertz CT molecular complexity index is 522. The predicted octanol–water partition coefficient (Wildman–Crippen LogP) is 2.84. The van der Waals surface area contributed by atoms with Crippen molar-refractivity contribution < 1.29 is 4.74 Å². The zero-order valence-corrected chi connectivity index (χ0v) is 11.6. The Morgan fingerprint density at radius 1 is 1.33 bits per heavy atom. The Morgan fingerprint density at radius 3 is 2.89 bits per heavy atom. The Balaban J connectivity index is 1.90. The molecule has 0 unspecified atom stereocenters. The van der Waals surface area contributed by atoms with Crippen LogP contribution in [0.1, 0.15) is 21.8 Å². The molecule has 18 heavy (non-hydrogen) atoms. The number of aryl methyl sites for hydroxylation is 1. The number of rotatable bonds is 5. The van der Waals surface area contributed by atoms with Crippen molar-refractivity contribution in [2.75, 3.05) is 6.61 Å². The van der Waals surface area contributed by atoms with Gasteiger partial charge in [-0.15, -0.1) is 11.3 Å². The van der Waals surface area contributed by atoms with Gasteiger partial charge in [-0.2, -0.15) is 0 Å². The van der Waals surface area contributed by atoms with Crippen LogP contribution >= 0.6 is 11.3 Å². The zero-order chi connectivity index (χ0) is 13.0. The minimum absolute atomic E-state index is 0.508. The molecule has 0 aliphatic rings. The van der Waals surface area contributed by atoms with Gasteiger partial charge in [0.15, 0.2) is 0 Å². The Labute approximate surface area is 112 Å². The molecular weight excluding hydrogens is 244 g/mol. The molecule has 0 fully saturated rings. The van der Waals surface area contributed by atoms with E-state index in [1.165, 1.54) is 11.1 Å². The number of aromatic nitrogens is 1. The van der Waals surface area contributed by atoms with Gasteiger partial charge in [-0.1, -0.05) is 12.1 Å². The summed E-state index contributed by atoms with van der Waals surface area (Å²) in [4.78, 5) is 4.41. The molecule has 3 nitrogen and oxygen atoms in total. The summed E-state index contributed by atoms with van der Waals surface area (Å²) in [6.07, 6.45) is 0.831. The smallest absolute Gasteiger partial charge is 0.122 e. The highest BCUT2D eigenvalue weighted by Crippen LogP contribution is 2.21. The van der Waals surface area contributed by atoms with Crippen LogP contribution in [0.5, 0.6) is 5.75 Å². The molecule has 0 saturated carbocycles. The van der Waals surface area contributed by atoms with Crippen LogP contribution < -0.4 is 10.5 Å². The summed E-state index contributed by atoms with van der Waals surface area (Å²) in [6, 6.07) is 6.12. The number of nitrogens with zero attached hydrogens (tertiary/aromatic N) is 1. The molecule has 0 spiro atoms. The third-order valence-electron chi connectivity index (χ3n) is 2.94. The van der Waals surface area contributed by atoms with Gasteiger partial charge in [0, 0.05) is 18.3 Å². The fourth-order valence-electron chi connectivity index (χ4n) is 1.69. The van der Waals surface area contributed by atoms with Crippen molar-refractivity contribution in [3.63, 3.8) is 0 Å². The van der Waals surface area contributed by atoms with E-state index in [0.717, 1.165) is 22.9 Å². The normalized spacial score (nSPS) is 10.6. The highest BCUT2D eigenvalue weighted by Gasteiger charge is 2.04. The van der Waals surface area contributed by atoms with E-state index in [9.17, 15) is 0 Å². The van der Waals surface area contributed by atoms with E-state index in [4.69, 9.17) is 10.5 Å². The molecule has 2 N–H and O–H groups in total. The lowest BCUT2D eigenvalue weighted by Gasteiger charge is -2.09. The maximum atomic E-state index is 5.80. The van der Waals surface area contributed by atoms with Crippen LogP contribution in [0.3, 0.4) is 0 Å². The van der Waals surface area contributed by atoms with Gasteiger partial charge in [0.2, 0.25) is 0 Å². The molecule has 1 heterocycles. The first-order valence-electron chi connectivity index (χ1n) is 6.03. The maximum Gasteiger partial charge on any atom is 0.122 e. The number of hydrogen-bond donors (Lipinski definition) is 1. The Kier molecular flexibility index (Phi) is 4.33. The highest BCUT2D eigenvalue weighted by atomic mass is 32.1. The van der Waals surface area contributed by atoms with E-state index in [1.54, 1.807) is 11.3 Å². The minimum Gasteiger partial charge on any atom is -0.493 e. The molecule has 1 aromatic heterocycles. The lowest BCUT2D eigenvalue weighted by atomic mass is 10.1. The average molecular weight is 262 g/mol. The van der Waals surface area contributed by atoms with Crippen LogP contribution in [0.4, 0.5) is 0 Å². The zero-order valence-electron chi connectivity index (χ0n) is 10.8. The fraction of sp³-hybridized carbons (Fsp3) is 0.357.